The molecule has 3 unspecified atom stereocenters. The number of fused-ring (bicyclic) bond motifs is 1. The van der Waals surface area contributed by atoms with Crippen molar-refractivity contribution in [3.8, 4) is 0 Å². The van der Waals surface area contributed by atoms with Gasteiger partial charge in [0.25, 0.3) is 0 Å². The van der Waals surface area contributed by atoms with E-state index in [-0.39, 0.29) is 0 Å². The maximum atomic E-state index is 5.90. The number of piperidine rings is 1. The number of rotatable bonds is 2. The first-order valence-corrected chi connectivity index (χ1v) is 6.27. The van der Waals surface area contributed by atoms with Gasteiger partial charge in [-0.2, -0.15) is 0 Å². The second-order valence-corrected chi connectivity index (χ2v) is 5.23. The van der Waals surface area contributed by atoms with Crippen LogP contribution in [0.15, 0.2) is 0 Å². The Labute approximate surface area is 87.8 Å². The van der Waals surface area contributed by atoms with Crippen LogP contribution in [0.2, 0.25) is 0 Å². The van der Waals surface area contributed by atoms with E-state index >= 15 is 0 Å². The van der Waals surface area contributed by atoms with Crippen molar-refractivity contribution >= 4 is 0 Å². The summed E-state index contributed by atoms with van der Waals surface area (Å²) < 4.78 is 0. The Morgan fingerprint density at radius 3 is 2.71 bits per heavy atom. The van der Waals surface area contributed by atoms with Crippen LogP contribution in [0.1, 0.15) is 45.4 Å². The molecule has 2 N–H and O–H groups in total. The van der Waals surface area contributed by atoms with Gasteiger partial charge in [0, 0.05) is 18.6 Å². The molecule has 1 saturated heterocycles. The molecule has 0 amide bonds. The molecule has 2 fully saturated rings. The Morgan fingerprint density at radius 2 is 1.93 bits per heavy atom. The minimum absolute atomic E-state index is 0.343. The first-order chi connectivity index (χ1) is 6.77. The average Bonchev–Trinajstić information content (AvgIpc) is 2.18. The molecule has 1 saturated carbocycles. The molecule has 0 bridgehead atoms. The van der Waals surface area contributed by atoms with Gasteiger partial charge in [0.2, 0.25) is 0 Å². The Balaban J connectivity index is 1.94. The zero-order valence-corrected chi connectivity index (χ0v) is 9.41. The largest absolute Gasteiger partial charge is 0.327 e. The molecule has 0 aromatic heterocycles. The molecule has 14 heavy (non-hydrogen) atoms. The molecule has 82 valence electrons. The van der Waals surface area contributed by atoms with Crippen LogP contribution in [-0.4, -0.2) is 30.1 Å². The maximum Gasteiger partial charge on any atom is 0.0139 e. The van der Waals surface area contributed by atoms with Gasteiger partial charge in [0.15, 0.2) is 0 Å². The number of hydrogen-bond acceptors (Lipinski definition) is 2. The maximum absolute atomic E-state index is 5.90. The van der Waals surface area contributed by atoms with Crippen molar-refractivity contribution in [2.45, 2.75) is 57.5 Å². The van der Waals surface area contributed by atoms with Gasteiger partial charge in [-0.15, -0.1) is 0 Å². The van der Waals surface area contributed by atoms with Crippen molar-refractivity contribution in [2.75, 3.05) is 13.1 Å². The van der Waals surface area contributed by atoms with E-state index in [0.29, 0.717) is 6.04 Å². The molecule has 0 radical (unpaired) electrons. The molecule has 1 aliphatic heterocycles. The normalized spacial score (nSPS) is 36.4. The van der Waals surface area contributed by atoms with Gasteiger partial charge in [0.1, 0.15) is 0 Å². The molecular weight excluding hydrogens is 172 g/mol. The van der Waals surface area contributed by atoms with Gasteiger partial charge < -0.3 is 5.73 Å². The van der Waals surface area contributed by atoms with Crippen LogP contribution in [0, 0.1) is 5.92 Å². The molecule has 2 aliphatic rings. The van der Waals surface area contributed by atoms with E-state index in [1.807, 2.05) is 0 Å². The third-order valence-electron chi connectivity index (χ3n) is 3.88. The van der Waals surface area contributed by atoms with E-state index in [2.05, 4.69) is 11.8 Å². The third kappa shape index (κ3) is 2.29. The number of likely N-dealkylation sites (tertiary alicyclic amines) is 1. The van der Waals surface area contributed by atoms with Gasteiger partial charge in [-0.05, 0) is 45.1 Å². The highest BCUT2D eigenvalue weighted by Gasteiger charge is 2.32. The SMILES string of the molecule is CC(N)CN1CCCC2CCCCC21. The molecular formula is C12H24N2. The summed E-state index contributed by atoms with van der Waals surface area (Å²) in [4.78, 5) is 2.66. The van der Waals surface area contributed by atoms with Crippen LogP contribution in [-0.2, 0) is 0 Å². The monoisotopic (exact) mass is 196 g/mol. The standard InChI is InChI=1S/C12H24N2/c1-10(13)9-14-8-4-6-11-5-2-3-7-12(11)14/h10-12H,2-9,13H2,1H3. The molecule has 0 spiro atoms. The third-order valence-corrected chi connectivity index (χ3v) is 3.88. The fraction of sp³-hybridized carbons (Fsp3) is 1.00. The van der Waals surface area contributed by atoms with Crippen LogP contribution in [0.5, 0.6) is 0 Å². The van der Waals surface area contributed by atoms with Crippen molar-refractivity contribution in [3.63, 3.8) is 0 Å². The molecule has 1 aliphatic carbocycles. The first-order valence-electron chi connectivity index (χ1n) is 6.27. The summed E-state index contributed by atoms with van der Waals surface area (Å²) >= 11 is 0. The molecule has 2 heteroatoms. The van der Waals surface area contributed by atoms with E-state index in [4.69, 9.17) is 5.73 Å². The van der Waals surface area contributed by atoms with Gasteiger partial charge in [0.05, 0.1) is 0 Å². The minimum atomic E-state index is 0.343. The average molecular weight is 196 g/mol. The minimum Gasteiger partial charge on any atom is -0.327 e. The van der Waals surface area contributed by atoms with Crippen molar-refractivity contribution in [2.24, 2.45) is 11.7 Å². The van der Waals surface area contributed by atoms with Gasteiger partial charge in [-0.25, -0.2) is 0 Å². The van der Waals surface area contributed by atoms with Crippen LogP contribution >= 0.6 is 0 Å². The zero-order chi connectivity index (χ0) is 9.97. The van der Waals surface area contributed by atoms with Crippen LogP contribution in [0.4, 0.5) is 0 Å². The van der Waals surface area contributed by atoms with Crippen LogP contribution in [0.25, 0.3) is 0 Å². The summed E-state index contributed by atoms with van der Waals surface area (Å²) in [5.41, 5.74) is 5.90. The fourth-order valence-electron chi connectivity index (χ4n) is 3.32. The Hall–Kier alpha value is -0.0800. The zero-order valence-electron chi connectivity index (χ0n) is 9.41. The van der Waals surface area contributed by atoms with Crippen molar-refractivity contribution < 1.29 is 0 Å². The fourth-order valence-corrected chi connectivity index (χ4v) is 3.32. The summed E-state index contributed by atoms with van der Waals surface area (Å²) in [5, 5.41) is 0. The van der Waals surface area contributed by atoms with Crippen LogP contribution < -0.4 is 5.73 Å². The smallest absolute Gasteiger partial charge is 0.0139 e. The molecule has 2 rings (SSSR count). The van der Waals surface area contributed by atoms with E-state index in [1.54, 1.807) is 0 Å². The molecule has 0 aromatic rings. The number of nitrogens with two attached hydrogens (primary N) is 1. The molecule has 2 nitrogen and oxygen atoms in total. The topological polar surface area (TPSA) is 29.3 Å². The molecule has 0 aromatic carbocycles. The summed E-state index contributed by atoms with van der Waals surface area (Å²) in [6.07, 6.45) is 8.68. The lowest BCUT2D eigenvalue weighted by molar-refractivity contribution is 0.0575. The second kappa shape index (κ2) is 4.63. The lowest BCUT2D eigenvalue weighted by Gasteiger charge is -2.44. The molecule has 3 atom stereocenters. The van der Waals surface area contributed by atoms with E-state index in [1.165, 1.54) is 45.1 Å². The van der Waals surface area contributed by atoms with E-state index < -0.39 is 0 Å². The van der Waals surface area contributed by atoms with Gasteiger partial charge in [-0.1, -0.05) is 12.8 Å². The van der Waals surface area contributed by atoms with E-state index in [9.17, 15) is 0 Å². The predicted octanol–water partition coefficient (Wildman–Crippen LogP) is 1.99. The predicted molar refractivity (Wildman–Crippen MR) is 60.2 cm³/mol. The highest BCUT2D eigenvalue weighted by Crippen LogP contribution is 2.34. The van der Waals surface area contributed by atoms with E-state index in [0.717, 1.165) is 18.5 Å². The van der Waals surface area contributed by atoms with Gasteiger partial charge in [-0.3, -0.25) is 4.90 Å². The molecule has 1 heterocycles. The highest BCUT2D eigenvalue weighted by atomic mass is 15.2. The Kier molecular flexibility index (Phi) is 3.45. The summed E-state index contributed by atoms with van der Waals surface area (Å²) in [5.74, 6) is 0.997. The number of nitrogens with zero attached hydrogens (tertiary/aromatic N) is 1. The lowest BCUT2D eigenvalue weighted by Crippen LogP contribution is -2.50. The second-order valence-electron chi connectivity index (χ2n) is 5.23. The summed E-state index contributed by atoms with van der Waals surface area (Å²) in [6, 6.07) is 1.22. The van der Waals surface area contributed by atoms with Gasteiger partial charge >= 0.3 is 0 Å². The van der Waals surface area contributed by atoms with Crippen LogP contribution in [0.3, 0.4) is 0 Å². The lowest BCUT2D eigenvalue weighted by atomic mass is 9.78. The van der Waals surface area contributed by atoms with Crippen molar-refractivity contribution in [3.05, 3.63) is 0 Å². The Morgan fingerprint density at radius 1 is 1.21 bits per heavy atom. The summed E-state index contributed by atoms with van der Waals surface area (Å²) in [7, 11) is 0. The van der Waals surface area contributed by atoms with Crippen molar-refractivity contribution in [1.82, 2.24) is 4.90 Å². The quantitative estimate of drug-likeness (QED) is 0.732. The number of hydrogen-bond donors (Lipinski definition) is 1. The van der Waals surface area contributed by atoms with Crippen molar-refractivity contribution in [1.29, 1.82) is 0 Å². The highest BCUT2D eigenvalue weighted by molar-refractivity contribution is 4.88. The Bertz CT molecular complexity index is 177. The first kappa shape index (κ1) is 10.4. The summed E-state index contributed by atoms with van der Waals surface area (Å²) in [6.45, 7) is 4.54.